The molecule has 1 amide bonds. The van der Waals surface area contributed by atoms with Crippen molar-refractivity contribution in [1.29, 1.82) is 0 Å². The van der Waals surface area contributed by atoms with Crippen LogP contribution in [0.5, 0.6) is 0 Å². The highest BCUT2D eigenvalue weighted by Gasteiger charge is 2.49. The zero-order valence-electron chi connectivity index (χ0n) is 13.6. The van der Waals surface area contributed by atoms with Crippen molar-refractivity contribution in [2.24, 2.45) is 23.2 Å². The molecule has 0 aliphatic heterocycles. The summed E-state index contributed by atoms with van der Waals surface area (Å²) in [4.78, 5) is 11.3. The van der Waals surface area contributed by atoms with Gasteiger partial charge in [-0.1, -0.05) is 47.0 Å². The van der Waals surface area contributed by atoms with E-state index < -0.39 is 0 Å². The second-order valence-electron chi connectivity index (χ2n) is 6.99. The molecule has 1 atom stereocenters. The molecule has 2 nitrogen and oxygen atoms in total. The molecule has 1 spiro atoms. The van der Waals surface area contributed by atoms with Crippen molar-refractivity contribution in [3.8, 4) is 0 Å². The average Bonchev–Trinajstić information content (AvgIpc) is 2.78. The predicted molar refractivity (Wildman–Crippen MR) is 82.0 cm³/mol. The Labute approximate surface area is 119 Å². The summed E-state index contributed by atoms with van der Waals surface area (Å²) in [5.74, 6) is 2.41. The molecule has 0 saturated heterocycles. The zero-order valence-corrected chi connectivity index (χ0v) is 13.6. The smallest absolute Gasteiger partial charge is 0.222 e. The van der Waals surface area contributed by atoms with Gasteiger partial charge in [0.25, 0.3) is 0 Å². The van der Waals surface area contributed by atoms with E-state index in [9.17, 15) is 4.79 Å². The number of hydrogen-bond acceptors (Lipinski definition) is 1. The lowest BCUT2D eigenvalue weighted by Gasteiger charge is -2.44. The summed E-state index contributed by atoms with van der Waals surface area (Å²) >= 11 is 0. The number of nitrogens with one attached hydrogen (secondary N) is 1. The minimum absolute atomic E-state index is 0.255. The summed E-state index contributed by atoms with van der Waals surface area (Å²) in [7, 11) is 1.74. The lowest BCUT2D eigenvalue weighted by molar-refractivity contribution is -0.132. The summed E-state index contributed by atoms with van der Waals surface area (Å²) in [6, 6.07) is 0. The van der Waals surface area contributed by atoms with Gasteiger partial charge in [0.05, 0.1) is 0 Å². The molecular formula is C17H33NO. The van der Waals surface area contributed by atoms with Crippen LogP contribution in [0.1, 0.15) is 72.6 Å². The van der Waals surface area contributed by atoms with E-state index in [0.29, 0.717) is 11.3 Å². The van der Waals surface area contributed by atoms with Gasteiger partial charge >= 0.3 is 0 Å². The van der Waals surface area contributed by atoms with Crippen molar-refractivity contribution in [1.82, 2.24) is 5.32 Å². The minimum Gasteiger partial charge on any atom is -0.359 e. The third-order valence-electron chi connectivity index (χ3n) is 5.32. The van der Waals surface area contributed by atoms with Crippen LogP contribution in [0.25, 0.3) is 0 Å². The molecule has 19 heavy (non-hydrogen) atoms. The molecule has 0 aromatic carbocycles. The maximum absolute atomic E-state index is 11.3. The van der Waals surface area contributed by atoms with Crippen LogP contribution >= 0.6 is 0 Å². The van der Waals surface area contributed by atoms with Gasteiger partial charge in [0, 0.05) is 13.0 Å². The highest BCUT2D eigenvalue weighted by molar-refractivity contribution is 5.79. The second kappa shape index (κ2) is 7.31. The third kappa shape index (κ3) is 4.50. The highest BCUT2D eigenvalue weighted by atomic mass is 16.1. The lowest BCUT2D eigenvalue weighted by Crippen LogP contribution is -2.43. The van der Waals surface area contributed by atoms with Gasteiger partial charge in [0.1, 0.15) is 0 Å². The first kappa shape index (κ1) is 16.5. The van der Waals surface area contributed by atoms with E-state index in [1.807, 2.05) is 0 Å². The molecular weight excluding hydrogens is 234 g/mol. The average molecular weight is 267 g/mol. The molecule has 0 radical (unpaired) electrons. The molecule has 2 saturated carbocycles. The largest absolute Gasteiger partial charge is 0.359 e. The Morgan fingerprint density at radius 1 is 1.26 bits per heavy atom. The van der Waals surface area contributed by atoms with Gasteiger partial charge in [-0.2, -0.15) is 0 Å². The molecule has 1 N–H and O–H groups in total. The van der Waals surface area contributed by atoms with Gasteiger partial charge in [0.15, 0.2) is 0 Å². The summed E-state index contributed by atoms with van der Waals surface area (Å²) in [6.07, 6.45) is 9.06. The predicted octanol–water partition coefficient (Wildman–Crippen LogP) is 4.39. The number of carbonyl (C=O) groups excluding carboxylic acids is 1. The van der Waals surface area contributed by atoms with E-state index >= 15 is 0 Å². The highest BCUT2D eigenvalue weighted by Crippen LogP contribution is 2.57. The van der Waals surface area contributed by atoms with Crippen LogP contribution in [0.15, 0.2) is 0 Å². The van der Waals surface area contributed by atoms with E-state index in [1.54, 1.807) is 7.05 Å². The Kier molecular flexibility index (Phi) is 6.35. The van der Waals surface area contributed by atoms with Crippen molar-refractivity contribution < 1.29 is 4.79 Å². The van der Waals surface area contributed by atoms with Crippen LogP contribution in [0, 0.1) is 23.2 Å². The molecule has 112 valence electrons. The standard InChI is InChI=1S/C11H19NO.C6H14/c1-8-3-4-11(5-8)6-9(7-11)10(13)12-2;1-4-6(3)5-2/h8-9H,3-7H2,1-2H3,(H,12,13);6H,4-5H2,1-3H3. The maximum atomic E-state index is 11.3. The van der Waals surface area contributed by atoms with Crippen molar-refractivity contribution in [2.45, 2.75) is 72.6 Å². The van der Waals surface area contributed by atoms with Gasteiger partial charge in [-0.3, -0.25) is 4.79 Å². The fraction of sp³-hybridized carbons (Fsp3) is 0.941. The molecule has 2 fully saturated rings. The Balaban J connectivity index is 0.000000258. The Morgan fingerprint density at radius 3 is 2.16 bits per heavy atom. The zero-order chi connectivity index (χ0) is 14.5. The molecule has 2 heteroatoms. The first-order chi connectivity index (χ1) is 8.96. The van der Waals surface area contributed by atoms with Crippen molar-refractivity contribution in [3.05, 3.63) is 0 Å². The van der Waals surface area contributed by atoms with Crippen LogP contribution < -0.4 is 5.32 Å². The van der Waals surface area contributed by atoms with Gasteiger partial charge in [-0.15, -0.1) is 0 Å². The summed E-state index contributed by atoms with van der Waals surface area (Å²) in [5.41, 5.74) is 0.580. The monoisotopic (exact) mass is 267 g/mol. The molecule has 0 heterocycles. The summed E-state index contributed by atoms with van der Waals surface area (Å²) in [5, 5.41) is 2.75. The van der Waals surface area contributed by atoms with Crippen molar-refractivity contribution in [3.63, 3.8) is 0 Å². The lowest BCUT2D eigenvalue weighted by atomic mass is 9.60. The molecule has 0 aromatic rings. The summed E-state index contributed by atoms with van der Waals surface area (Å²) in [6.45, 7) is 9.07. The first-order valence-corrected chi connectivity index (χ1v) is 8.18. The number of amides is 1. The normalized spacial score (nSPS) is 32.7. The van der Waals surface area contributed by atoms with Crippen molar-refractivity contribution in [2.75, 3.05) is 7.05 Å². The topological polar surface area (TPSA) is 29.1 Å². The molecule has 2 rings (SSSR count). The van der Waals surface area contributed by atoms with Crippen LogP contribution in [0.2, 0.25) is 0 Å². The molecule has 1 unspecified atom stereocenters. The quantitative estimate of drug-likeness (QED) is 0.807. The first-order valence-electron chi connectivity index (χ1n) is 8.18. The number of rotatable bonds is 3. The fourth-order valence-electron chi connectivity index (χ4n) is 3.53. The van der Waals surface area contributed by atoms with Gasteiger partial charge in [-0.05, 0) is 42.9 Å². The number of hydrogen-bond donors (Lipinski definition) is 1. The summed E-state index contributed by atoms with van der Waals surface area (Å²) < 4.78 is 0. The van der Waals surface area contributed by atoms with Crippen molar-refractivity contribution >= 4 is 5.91 Å². The van der Waals surface area contributed by atoms with Crippen LogP contribution in [0.4, 0.5) is 0 Å². The van der Waals surface area contributed by atoms with Gasteiger partial charge < -0.3 is 5.32 Å². The Hall–Kier alpha value is -0.530. The Morgan fingerprint density at radius 2 is 1.84 bits per heavy atom. The molecule has 0 bridgehead atoms. The Bertz CT molecular complexity index is 277. The maximum Gasteiger partial charge on any atom is 0.222 e. The van der Waals surface area contributed by atoms with Crippen LogP contribution in [0.3, 0.4) is 0 Å². The minimum atomic E-state index is 0.255. The molecule has 2 aliphatic carbocycles. The van der Waals surface area contributed by atoms with Crippen LogP contribution in [-0.2, 0) is 4.79 Å². The second-order valence-corrected chi connectivity index (χ2v) is 6.99. The van der Waals surface area contributed by atoms with Gasteiger partial charge in [-0.25, -0.2) is 0 Å². The van der Waals surface area contributed by atoms with E-state index in [-0.39, 0.29) is 5.91 Å². The number of carbonyl (C=O) groups is 1. The fourth-order valence-corrected chi connectivity index (χ4v) is 3.53. The van der Waals surface area contributed by atoms with Crippen LogP contribution in [-0.4, -0.2) is 13.0 Å². The van der Waals surface area contributed by atoms with E-state index in [0.717, 1.165) is 24.7 Å². The van der Waals surface area contributed by atoms with Gasteiger partial charge in [0.2, 0.25) is 5.91 Å². The SMILES string of the molecule is CCC(C)CC.CNC(=O)C1CC2(CCC(C)C2)C1. The third-order valence-corrected chi connectivity index (χ3v) is 5.32. The molecule has 2 aliphatic rings. The van der Waals surface area contributed by atoms with E-state index in [2.05, 4.69) is 33.0 Å². The van der Waals surface area contributed by atoms with E-state index in [4.69, 9.17) is 0 Å². The molecule has 0 aromatic heterocycles. The van der Waals surface area contributed by atoms with E-state index in [1.165, 1.54) is 32.1 Å².